The predicted octanol–water partition coefficient (Wildman–Crippen LogP) is 2.53. The van der Waals surface area contributed by atoms with Crippen LogP contribution in [0, 0.1) is 12.8 Å². The van der Waals surface area contributed by atoms with Crippen molar-refractivity contribution in [1.82, 2.24) is 4.98 Å². The predicted molar refractivity (Wildman–Crippen MR) is 63.9 cm³/mol. The summed E-state index contributed by atoms with van der Waals surface area (Å²) in [5.41, 5.74) is 1.81. The Morgan fingerprint density at radius 1 is 1.29 bits per heavy atom. The van der Waals surface area contributed by atoms with Crippen LogP contribution in [0.4, 0.5) is 0 Å². The fraction of sp³-hybridized carbons (Fsp3) is 0.571. The molecule has 1 aromatic rings. The zero-order valence-electron chi connectivity index (χ0n) is 10.1. The molecule has 0 N–H and O–H groups in total. The molecule has 2 fully saturated rings. The molecular weight excluding hydrogens is 214 g/mol. The molecule has 0 amide bonds. The van der Waals surface area contributed by atoms with Gasteiger partial charge in [-0.25, -0.2) is 0 Å². The van der Waals surface area contributed by atoms with Crippen molar-refractivity contribution in [3.8, 4) is 0 Å². The third-order valence-corrected chi connectivity index (χ3v) is 3.82. The van der Waals surface area contributed by atoms with Crippen LogP contribution in [0.5, 0.6) is 0 Å². The van der Waals surface area contributed by atoms with Crippen LogP contribution < -0.4 is 0 Å². The Bertz CT molecular complexity index is 432. The standard InChI is InChI=1S/C14H17NO2/c1-9-4-11(8-15-7-9)14(16)10-5-12-2-3-13(6-10)17-12/h4,7-8,10,12-13H,2-3,5-6H2,1H3. The number of carbonyl (C=O) groups excluding carboxylic acids is 1. The lowest BCUT2D eigenvalue weighted by molar-refractivity contribution is -0.0149. The largest absolute Gasteiger partial charge is 0.375 e. The first-order valence-electron chi connectivity index (χ1n) is 6.33. The summed E-state index contributed by atoms with van der Waals surface area (Å²) in [6.07, 6.45) is 8.14. The number of nitrogens with zero attached hydrogens (tertiary/aromatic N) is 1. The number of ketones is 1. The van der Waals surface area contributed by atoms with Gasteiger partial charge in [-0.1, -0.05) is 0 Å². The van der Waals surface area contributed by atoms with Gasteiger partial charge in [0.1, 0.15) is 0 Å². The van der Waals surface area contributed by atoms with E-state index >= 15 is 0 Å². The Kier molecular flexibility index (Phi) is 2.71. The number of ether oxygens (including phenoxy) is 1. The molecule has 2 unspecified atom stereocenters. The van der Waals surface area contributed by atoms with Gasteiger partial charge in [0, 0.05) is 23.9 Å². The van der Waals surface area contributed by atoms with Gasteiger partial charge >= 0.3 is 0 Å². The Balaban J connectivity index is 1.78. The van der Waals surface area contributed by atoms with Crippen molar-refractivity contribution < 1.29 is 9.53 Å². The summed E-state index contributed by atoms with van der Waals surface area (Å²) in [5.74, 6) is 0.395. The molecule has 0 aromatic carbocycles. The van der Waals surface area contributed by atoms with Crippen molar-refractivity contribution in [2.75, 3.05) is 0 Å². The van der Waals surface area contributed by atoms with Crippen LogP contribution in [0.1, 0.15) is 41.6 Å². The van der Waals surface area contributed by atoms with Gasteiger partial charge in [0.25, 0.3) is 0 Å². The van der Waals surface area contributed by atoms with Crippen molar-refractivity contribution in [2.24, 2.45) is 5.92 Å². The van der Waals surface area contributed by atoms with Gasteiger partial charge in [0.2, 0.25) is 0 Å². The Labute approximate surface area is 101 Å². The van der Waals surface area contributed by atoms with E-state index in [-0.39, 0.29) is 11.7 Å². The van der Waals surface area contributed by atoms with Crippen LogP contribution in [0.25, 0.3) is 0 Å². The number of rotatable bonds is 2. The van der Waals surface area contributed by atoms with E-state index in [1.165, 1.54) is 0 Å². The second kappa shape index (κ2) is 4.22. The maximum atomic E-state index is 12.4. The zero-order valence-corrected chi connectivity index (χ0v) is 10.1. The van der Waals surface area contributed by atoms with Gasteiger partial charge in [-0.2, -0.15) is 0 Å². The lowest BCUT2D eigenvalue weighted by Crippen LogP contribution is -2.30. The van der Waals surface area contributed by atoms with Crippen LogP contribution in [-0.2, 0) is 4.74 Å². The highest BCUT2D eigenvalue weighted by Crippen LogP contribution is 2.37. The average Bonchev–Trinajstić information content (AvgIpc) is 2.67. The minimum Gasteiger partial charge on any atom is -0.375 e. The zero-order chi connectivity index (χ0) is 11.8. The van der Waals surface area contributed by atoms with E-state index in [9.17, 15) is 4.79 Å². The highest BCUT2D eigenvalue weighted by atomic mass is 16.5. The second-order valence-corrected chi connectivity index (χ2v) is 5.24. The summed E-state index contributed by atoms with van der Waals surface area (Å²) >= 11 is 0. The molecule has 3 nitrogen and oxygen atoms in total. The summed E-state index contributed by atoms with van der Waals surface area (Å²) < 4.78 is 5.77. The first kappa shape index (κ1) is 10.9. The lowest BCUT2D eigenvalue weighted by atomic mass is 9.88. The molecule has 90 valence electrons. The quantitative estimate of drug-likeness (QED) is 0.734. The molecular formula is C14H17NO2. The normalized spacial score (nSPS) is 31.5. The molecule has 1 aromatic heterocycles. The Morgan fingerprint density at radius 3 is 2.65 bits per heavy atom. The molecule has 2 bridgehead atoms. The third kappa shape index (κ3) is 2.12. The first-order chi connectivity index (χ1) is 8.22. The van der Waals surface area contributed by atoms with E-state index in [2.05, 4.69) is 4.98 Å². The Hall–Kier alpha value is -1.22. The smallest absolute Gasteiger partial charge is 0.167 e. The Morgan fingerprint density at radius 2 is 2.00 bits per heavy atom. The van der Waals surface area contributed by atoms with Crippen molar-refractivity contribution >= 4 is 5.78 Å². The lowest BCUT2D eigenvalue weighted by Gasteiger charge is -2.27. The molecule has 0 saturated carbocycles. The summed E-state index contributed by atoms with van der Waals surface area (Å²) in [6.45, 7) is 1.97. The number of fused-ring (bicyclic) bond motifs is 2. The topological polar surface area (TPSA) is 39.2 Å². The van der Waals surface area contributed by atoms with Gasteiger partial charge in [0.15, 0.2) is 5.78 Å². The second-order valence-electron chi connectivity index (χ2n) is 5.24. The molecule has 3 heteroatoms. The number of hydrogen-bond acceptors (Lipinski definition) is 3. The summed E-state index contributed by atoms with van der Waals surface area (Å²) in [7, 11) is 0. The van der Waals surface area contributed by atoms with Crippen LogP contribution in [0.3, 0.4) is 0 Å². The number of hydrogen-bond donors (Lipinski definition) is 0. The maximum Gasteiger partial charge on any atom is 0.167 e. The van der Waals surface area contributed by atoms with E-state index in [0.717, 1.165) is 36.8 Å². The van der Waals surface area contributed by atoms with Crippen LogP contribution in [0.2, 0.25) is 0 Å². The van der Waals surface area contributed by atoms with Gasteiger partial charge < -0.3 is 4.74 Å². The fourth-order valence-electron chi connectivity index (χ4n) is 3.00. The third-order valence-electron chi connectivity index (χ3n) is 3.82. The number of aryl methyl sites for hydroxylation is 1. The number of carbonyl (C=O) groups is 1. The van der Waals surface area contributed by atoms with Gasteiger partial charge in [-0.05, 0) is 44.2 Å². The first-order valence-corrected chi connectivity index (χ1v) is 6.33. The van der Waals surface area contributed by atoms with Gasteiger partial charge in [0.05, 0.1) is 12.2 Å². The summed E-state index contributed by atoms with van der Waals surface area (Å²) in [6, 6.07) is 1.94. The van der Waals surface area contributed by atoms with Crippen molar-refractivity contribution in [1.29, 1.82) is 0 Å². The van der Waals surface area contributed by atoms with Crippen molar-refractivity contribution in [3.05, 3.63) is 29.6 Å². The molecule has 2 saturated heterocycles. The molecule has 3 rings (SSSR count). The number of aromatic nitrogens is 1. The monoisotopic (exact) mass is 231 g/mol. The van der Waals surface area contributed by atoms with E-state index in [4.69, 9.17) is 4.74 Å². The van der Waals surface area contributed by atoms with E-state index in [0.29, 0.717) is 12.2 Å². The SMILES string of the molecule is Cc1cncc(C(=O)C2CC3CCC(C2)O3)c1. The molecule has 0 spiro atoms. The number of Topliss-reactive ketones (excluding diaryl/α,β-unsaturated/α-hetero) is 1. The van der Waals surface area contributed by atoms with Crippen LogP contribution in [0.15, 0.2) is 18.5 Å². The molecule has 17 heavy (non-hydrogen) atoms. The van der Waals surface area contributed by atoms with E-state index in [1.807, 2.05) is 13.0 Å². The highest BCUT2D eigenvalue weighted by molar-refractivity contribution is 5.97. The van der Waals surface area contributed by atoms with Gasteiger partial charge in [-0.3, -0.25) is 9.78 Å². The minimum atomic E-state index is 0.143. The average molecular weight is 231 g/mol. The minimum absolute atomic E-state index is 0.143. The molecule has 0 aliphatic carbocycles. The summed E-state index contributed by atoms with van der Waals surface area (Å²) in [4.78, 5) is 16.5. The molecule has 2 aliphatic heterocycles. The summed E-state index contributed by atoms with van der Waals surface area (Å²) in [5, 5.41) is 0. The van der Waals surface area contributed by atoms with E-state index in [1.54, 1.807) is 12.4 Å². The van der Waals surface area contributed by atoms with Crippen LogP contribution in [-0.4, -0.2) is 23.0 Å². The van der Waals surface area contributed by atoms with Gasteiger partial charge in [-0.15, -0.1) is 0 Å². The maximum absolute atomic E-state index is 12.4. The van der Waals surface area contributed by atoms with Crippen molar-refractivity contribution in [2.45, 2.75) is 44.8 Å². The fourth-order valence-corrected chi connectivity index (χ4v) is 3.00. The molecule has 2 aliphatic rings. The van der Waals surface area contributed by atoms with E-state index < -0.39 is 0 Å². The number of pyridine rings is 1. The van der Waals surface area contributed by atoms with Crippen LogP contribution >= 0.6 is 0 Å². The molecule has 3 heterocycles. The molecule has 2 atom stereocenters. The van der Waals surface area contributed by atoms with Crippen molar-refractivity contribution in [3.63, 3.8) is 0 Å². The molecule has 0 radical (unpaired) electrons. The highest BCUT2D eigenvalue weighted by Gasteiger charge is 2.38.